The van der Waals surface area contributed by atoms with Gasteiger partial charge in [-0.15, -0.1) is 0 Å². The van der Waals surface area contributed by atoms with E-state index < -0.39 is 15.6 Å². The third-order valence-corrected chi connectivity index (χ3v) is 0. The van der Waals surface area contributed by atoms with E-state index in [2.05, 4.69) is 0 Å². The number of hydrogen-bond acceptors (Lipinski definition) is 2. The molecule has 0 spiro atoms. The van der Waals surface area contributed by atoms with Gasteiger partial charge in [0.1, 0.15) is 0 Å². The Morgan fingerprint density at radius 1 is 0.750 bits per heavy atom. The van der Waals surface area contributed by atoms with E-state index in [9.17, 15) is 0 Å². The van der Waals surface area contributed by atoms with E-state index in [4.69, 9.17) is 38.5 Å². The molecule has 12 heavy (non-hydrogen) atoms. The Hall–Kier alpha value is 1.74. The first-order chi connectivity index (χ1) is 4.00. The Labute approximate surface area is 102 Å². The Kier molecular flexibility index (Phi) is 18.2. The quantitative estimate of drug-likeness (QED) is 0.191. The van der Waals surface area contributed by atoms with Crippen LogP contribution in [0.2, 0.25) is 0 Å². The molecule has 0 bridgehead atoms. The second kappa shape index (κ2) is 9.30. The number of hydrogen-bond donors (Lipinski definition) is 6. The van der Waals surface area contributed by atoms with Crippen molar-refractivity contribution in [3.05, 3.63) is 0 Å². The van der Waals surface area contributed by atoms with Crippen molar-refractivity contribution in [3.8, 4) is 0 Å². The second-order valence-electron chi connectivity index (χ2n) is 1.03. The molecule has 1 radical (unpaired) electrons. The van der Waals surface area contributed by atoms with Crippen LogP contribution in [0.25, 0.3) is 0 Å². The van der Waals surface area contributed by atoms with E-state index in [1.54, 1.807) is 0 Å². The van der Waals surface area contributed by atoms with Gasteiger partial charge in [0.15, 0.2) is 0 Å². The molecule has 0 aliphatic rings. The van der Waals surface area contributed by atoms with E-state index in [1.165, 1.54) is 0 Å². The molecule has 77 valence electrons. The van der Waals surface area contributed by atoms with Crippen molar-refractivity contribution in [1.29, 1.82) is 0 Å². The Bertz CT molecular complexity index is 134. The fourth-order valence-corrected chi connectivity index (χ4v) is 0. The predicted molar refractivity (Wildman–Crippen MR) is 29.6 cm³/mol. The minimum atomic E-state index is -4.64. The van der Waals surface area contributed by atoms with Crippen LogP contribution >= 0.6 is 15.6 Å². The minimum absolute atomic E-state index is 0. The van der Waals surface area contributed by atoms with Crippen molar-refractivity contribution in [2.75, 3.05) is 0 Å². The number of rotatable bonds is 0. The summed E-state index contributed by atoms with van der Waals surface area (Å²) in [4.78, 5) is 43.1. The molecule has 8 nitrogen and oxygen atoms in total. The van der Waals surface area contributed by atoms with Crippen molar-refractivity contribution in [3.63, 3.8) is 0 Å². The van der Waals surface area contributed by atoms with Crippen LogP contribution < -0.4 is 29.6 Å². The van der Waals surface area contributed by atoms with E-state index >= 15 is 0 Å². The van der Waals surface area contributed by atoms with Crippen LogP contribution in [-0.4, -0.2) is 29.4 Å². The molecule has 0 aromatic rings. The van der Waals surface area contributed by atoms with Gasteiger partial charge in [-0.05, 0) is 0 Å². The maximum atomic E-state index is 8.88. The van der Waals surface area contributed by atoms with Crippen LogP contribution in [0.1, 0.15) is 1.43 Å². The van der Waals surface area contributed by atoms with Crippen molar-refractivity contribution >= 4 is 15.6 Å². The fraction of sp³-hybridized carbons (Fsp3) is 0. The molecule has 0 aromatic heterocycles. The molecular weight excluding hydrogens is 276 g/mol. The third kappa shape index (κ3) is 447. The average molecular weight is 284 g/mol. The average Bonchev–Trinajstić information content (AvgIpc) is 1.12. The van der Waals surface area contributed by atoms with Crippen LogP contribution in [0.15, 0.2) is 0 Å². The molecule has 0 fully saturated rings. The topological polar surface area (TPSA) is 156 Å². The summed E-state index contributed by atoms with van der Waals surface area (Å²) in [6.45, 7) is 0. The third-order valence-electron chi connectivity index (χ3n) is 0. The fourth-order valence-electron chi connectivity index (χ4n) is 0. The molecule has 12 heteroatoms. The summed E-state index contributed by atoms with van der Waals surface area (Å²) < 4.78 is 17.8. The summed E-state index contributed by atoms with van der Waals surface area (Å²) in [5.41, 5.74) is 0. The summed E-state index contributed by atoms with van der Waals surface area (Å²) in [7, 11) is -9.28. The van der Waals surface area contributed by atoms with Crippen molar-refractivity contribution in [2.24, 2.45) is 0 Å². The van der Waals surface area contributed by atoms with Crippen molar-refractivity contribution in [2.45, 2.75) is 0 Å². The molecule has 0 unspecified atom stereocenters. The zero-order valence-electron chi connectivity index (χ0n) is 6.70. The first kappa shape index (κ1) is 23.5. The zero-order chi connectivity index (χ0) is 9.00. The second-order valence-corrected chi connectivity index (χ2v) is 3.08. The molecule has 0 aromatic carbocycles. The summed E-state index contributed by atoms with van der Waals surface area (Å²) in [6.07, 6.45) is 0. The standard InChI is InChI=1S/Cu.Na.2H3O4P.H/c;;2*1-5(2,3)4;/h;;2*(H3,1,2,3,4);/q;+1;;;-1. The van der Waals surface area contributed by atoms with Crippen molar-refractivity contribution < 1.29 is 86.5 Å². The van der Waals surface area contributed by atoms with Crippen LogP contribution in [0.4, 0.5) is 0 Å². The van der Waals surface area contributed by atoms with Gasteiger partial charge < -0.3 is 30.8 Å². The van der Waals surface area contributed by atoms with E-state index in [0.29, 0.717) is 0 Å². The van der Waals surface area contributed by atoms with Gasteiger partial charge in [-0.2, -0.15) is 0 Å². The summed E-state index contributed by atoms with van der Waals surface area (Å²) in [5, 5.41) is 0. The van der Waals surface area contributed by atoms with Crippen LogP contribution in [0, 0.1) is 0 Å². The van der Waals surface area contributed by atoms with Gasteiger partial charge >= 0.3 is 45.2 Å². The maximum absolute atomic E-state index is 8.88. The van der Waals surface area contributed by atoms with Crippen molar-refractivity contribution in [1.82, 2.24) is 0 Å². The molecule has 0 amide bonds. The van der Waals surface area contributed by atoms with E-state index in [-0.39, 0.29) is 48.1 Å². The van der Waals surface area contributed by atoms with Crippen LogP contribution in [0.5, 0.6) is 0 Å². The first-order valence-corrected chi connectivity index (χ1v) is 4.70. The van der Waals surface area contributed by atoms with Crippen LogP contribution in [-0.2, 0) is 26.2 Å². The Balaban J connectivity index is -0.0000000267. The summed E-state index contributed by atoms with van der Waals surface area (Å²) in [6, 6.07) is 0. The van der Waals surface area contributed by atoms with Gasteiger partial charge in [0.05, 0.1) is 0 Å². The molecular formula is H7CuNaO8P2. The Morgan fingerprint density at radius 2 is 0.750 bits per heavy atom. The summed E-state index contributed by atoms with van der Waals surface area (Å²) >= 11 is 0. The molecule has 0 heterocycles. The first-order valence-electron chi connectivity index (χ1n) is 1.57. The van der Waals surface area contributed by atoms with E-state index in [0.717, 1.165) is 0 Å². The van der Waals surface area contributed by atoms with Gasteiger partial charge in [-0.25, -0.2) is 9.13 Å². The van der Waals surface area contributed by atoms with Crippen LogP contribution in [0.3, 0.4) is 0 Å². The summed E-state index contributed by atoms with van der Waals surface area (Å²) in [5.74, 6) is 0. The monoisotopic (exact) mass is 283 g/mol. The molecule has 0 atom stereocenters. The molecule has 0 saturated carbocycles. The van der Waals surface area contributed by atoms with E-state index in [1.807, 2.05) is 0 Å². The maximum Gasteiger partial charge on any atom is 1.00 e. The number of phosphoric acid groups is 2. The molecule has 6 N–H and O–H groups in total. The zero-order valence-corrected chi connectivity index (χ0v) is 10.4. The molecule has 0 saturated heterocycles. The van der Waals surface area contributed by atoms with Gasteiger partial charge in [-0.1, -0.05) is 0 Å². The minimum Gasteiger partial charge on any atom is -1.00 e. The molecule has 0 aliphatic carbocycles. The van der Waals surface area contributed by atoms with Gasteiger partial charge in [0.25, 0.3) is 0 Å². The smallest absolute Gasteiger partial charge is 1.00 e. The van der Waals surface area contributed by atoms with Gasteiger partial charge in [0.2, 0.25) is 0 Å². The molecule has 0 aliphatic heterocycles. The molecule has 0 rings (SSSR count). The largest absolute Gasteiger partial charge is 1.00 e. The SMILES string of the molecule is O=P(O)(O)O.O=P(O)(O)O.[Cu].[H-].[Na+]. The normalized spacial score (nSPS) is 9.83. The predicted octanol–water partition coefficient (Wildman–Crippen LogP) is -4.74. The van der Waals surface area contributed by atoms with Gasteiger partial charge in [-0.3, -0.25) is 0 Å². The Morgan fingerprint density at radius 3 is 0.750 bits per heavy atom. The van der Waals surface area contributed by atoms with Gasteiger partial charge in [0, 0.05) is 17.1 Å².